The van der Waals surface area contributed by atoms with Gasteiger partial charge in [0.2, 0.25) is 12.3 Å². The van der Waals surface area contributed by atoms with E-state index in [0.717, 1.165) is 22.1 Å². The van der Waals surface area contributed by atoms with E-state index in [2.05, 4.69) is 21.6 Å². The van der Waals surface area contributed by atoms with Crippen LogP contribution in [-0.4, -0.2) is 16.1 Å². The van der Waals surface area contributed by atoms with Crippen molar-refractivity contribution in [1.29, 1.82) is 0 Å². The molecule has 5 aromatic rings. The van der Waals surface area contributed by atoms with E-state index in [0.29, 0.717) is 22.9 Å². The highest BCUT2D eigenvalue weighted by atomic mass is 16.5. The molecule has 0 radical (unpaired) electrons. The number of carbonyl (C=O) groups excluding carboxylic acids is 1. The highest BCUT2D eigenvalue weighted by molar-refractivity contribution is 6.03. The van der Waals surface area contributed by atoms with Crippen molar-refractivity contribution in [3.8, 4) is 17.2 Å². The summed E-state index contributed by atoms with van der Waals surface area (Å²) in [7, 11) is 0. The normalized spacial score (nSPS) is 10.9. The van der Waals surface area contributed by atoms with E-state index in [1.165, 1.54) is 6.39 Å². The predicted molar refractivity (Wildman–Crippen MR) is 119 cm³/mol. The Balaban J connectivity index is 1.26. The molecule has 0 aliphatic rings. The molecule has 0 aliphatic carbocycles. The second kappa shape index (κ2) is 8.39. The molecule has 7 nitrogen and oxygen atoms in total. The zero-order valence-corrected chi connectivity index (χ0v) is 17.2. The van der Waals surface area contributed by atoms with Gasteiger partial charge >= 0.3 is 0 Å². The van der Waals surface area contributed by atoms with Crippen molar-refractivity contribution in [2.45, 2.75) is 13.5 Å². The number of benzene rings is 3. The van der Waals surface area contributed by atoms with Crippen molar-refractivity contribution in [2.24, 2.45) is 0 Å². The summed E-state index contributed by atoms with van der Waals surface area (Å²) < 4.78 is 16.8. The van der Waals surface area contributed by atoms with E-state index in [9.17, 15) is 4.79 Å². The van der Waals surface area contributed by atoms with Gasteiger partial charge in [0.1, 0.15) is 18.1 Å². The molecule has 1 amide bonds. The highest BCUT2D eigenvalue weighted by Gasteiger charge is 2.14. The number of ether oxygens (including phenoxy) is 1. The molecule has 5 rings (SSSR count). The molecule has 0 aliphatic heterocycles. The first-order valence-electron chi connectivity index (χ1n) is 10.0. The summed E-state index contributed by atoms with van der Waals surface area (Å²) >= 11 is 0. The number of nitrogens with one attached hydrogen (secondary N) is 1. The first-order valence-corrected chi connectivity index (χ1v) is 10.0. The van der Waals surface area contributed by atoms with E-state index in [1.54, 1.807) is 18.2 Å². The summed E-state index contributed by atoms with van der Waals surface area (Å²) in [5, 5.41) is 12.7. The van der Waals surface area contributed by atoms with Gasteiger partial charge in [0.05, 0.1) is 0 Å². The van der Waals surface area contributed by atoms with Gasteiger partial charge in [0.25, 0.3) is 5.91 Å². The van der Waals surface area contributed by atoms with Crippen LogP contribution >= 0.6 is 0 Å². The van der Waals surface area contributed by atoms with Crippen molar-refractivity contribution in [3.05, 3.63) is 96.3 Å². The van der Waals surface area contributed by atoms with Crippen molar-refractivity contribution < 1.29 is 18.4 Å². The van der Waals surface area contributed by atoms with Crippen molar-refractivity contribution in [1.82, 2.24) is 10.2 Å². The van der Waals surface area contributed by atoms with Crippen LogP contribution in [-0.2, 0) is 6.61 Å². The fraction of sp³-hybridized carbons (Fsp3) is 0.0800. The molecule has 0 fully saturated rings. The zero-order chi connectivity index (χ0) is 21.9. The predicted octanol–water partition coefficient (Wildman–Crippen LogP) is 5.62. The molecular weight excluding hydrogens is 406 g/mol. The molecule has 0 unspecified atom stereocenters. The summed E-state index contributed by atoms with van der Waals surface area (Å²) in [6.07, 6.45) is 1.26. The third kappa shape index (κ3) is 4.09. The fourth-order valence-corrected chi connectivity index (χ4v) is 3.36. The summed E-state index contributed by atoms with van der Waals surface area (Å²) in [4.78, 5) is 12.7. The Kier molecular flexibility index (Phi) is 5.13. The number of hydrogen-bond donors (Lipinski definition) is 1. The minimum absolute atomic E-state index is 0.199. The number of rotatable bonds is 6. The maximum atomic E-state index is 12.7. The van der Waals surface area contributed by atoms with Crippen LogP contribution in [0.2, 0.25) is 0 Å². The Hall–Kier alpha value is -4.39. The average molecular weight is 425 g/mol. The number of furan rings is 1. The molecule has 158 valence electrons. The molecule has 3 aromatic carbocycles. The lowest BCUT2D eigenvalue weighted by molar-refractivity contribution is 0.0992. The van der Waals surface area contributed by atoms with Crippen LogP contribution in [0, 0.1) is 6.92 Å². The number of aromatic nitrogens is 2. The van der Waals surface area contributed by atoms with Crippen LogP contribution in [0.4, 0.5) is 5.69 Å². The Morgan fingerprint density at radius 3 is 2.72 bits per heavy atom. The van der Waals surface area contributed by atoms with E-state index >= 15 is 0 Å². The minimum Gasteiger partial charge on any atom is -0.486 e. The van der Waals surface area contributed by atoms with E-state index in [1.807, 2.05) is 55.5 Å². The molecule has 7 heteroatoms. The largest absolute Gasteiger partial charge is 0.486 e. The topological polar surface area (TPSA) is 90.4 Å². The van der Waals surface area contributed by atoms with Crippen LogP contribution in [0.5, 0.6) is 5.75 Å². The van der Waals surface area contributed by atoms with E-state index in [-0.39, 0.29) is 18.3 Å². The van der Waals surface area contributed by atoms with Gasteiger partial charge in [0.15, 0.2) is 5.76 Å². The van der Waals surface area contributed by atoms with Gasteiger partial charge in [-0.15, -0.1) is 10.2 Å². The SMILES string of the molecule is Cc1ccc(-c2nnco2)cc1NC(=O)c1ccc(COc2ccc3ccccc3c2)o1. The number of anilines is 1. The number of carbonyl (C=O) groups is 1. The van der Waals surface area contributed by atoms with E-state index in [4.69, 9.17) is 13.6 Å². The van der Waals surface area contributed by atoms with Crippen LogP contribution in [0.15, 0.2) is 88.0 Å². The molecule has 0 saturated carbocycles. The Morgan fingerprint density at radius 1 is 1.00 bits per heavy atom. The van der Waals surface area contributed by atoms with Gasteiger partial charge in [-0.2, -0.15) is 0 Å². The van der Waals surface area contributed by atoms with Crippen molar-refractivity contribution in [2.75, 3.05) is 5.32 Å². The zero-order valence-electron chi connectivity index (χ0n) is 17.2. The number of amides is 1. The lowest BCUT2D eigenvalue weighted by Gasteiger charge is -2.08. The Morgan fingerprint density at radius 2 is 1.88 bits per heavy atom. The van der Waals surface area contributed by atoms with Crippen LogP contribution < -0.4 is 10.1 Å². The second-order valence-electron chi connectivity index (χ2n) is 7.29. The summed E-state index contributed by atoms with van der Waals surface area (Å²) in [6, 6.07) is 22.9. The molecule has 2 aromatic heterocycles. The van der Waals surface area contributed by atoms with E-state index < -0.39 is 0 Å². The molecule has 0 atom stereocenters. The molecule has 0 spiro atoms. The molecule has 0 saturated heterocycles. The number of hydrogen-bond acceptors (Lipinski definition) is 6. The maximum absolute atomic E-state index is 12.7. The number of aryl methyl sites for hydroxylation is 1. The Bertz CT molecular complexity index is 1390. The minimum atomic E-state index is -0.354. The fourth-order valence-electron chi connectivity index (χ4n) is 3.36. The average Bonchev–Trinajstić information content (AvgIpc) is 3.52. The van der Waals surface area contributed by atoms with Gasteiger partial charge in [-0.3, -0.25) is 4.79 Å². The lowest BCUT2D eigenvalue weighted by Crippen LogP contribution is -2.12. The third-order valence-corrected chi connectivity index (χ3v) is 5.08. The molecule has 32 heavy (non-hydrogen) atoms. The first-order chi connectivity index (χ1) is 15.7. The van der Waals surface area contributed by atoms with Gasteiger partial charge in [-0.05, 0) is 59.7 Å². The molecular formula is C25H19N3O4. The van der Waals surface area contributed by atoms with Gasteiger partial charge < -0.3 is 18.9 Å². The maximum Gasteiger partial charge on any atom is 0.291 e. The number of fused-ring (bicyclic) bond motifs is 1. The second-order valence-corrected chi connectivity index (χ2v) is 7.29. The van der Waals surface area contributed by atoms with Crippen molar-refractivity contribution >= 4 is 22.4 Å². The third-order valence-electron chi connectivity index (χ3n) is 5.08. The molecule has 2 heterocycles. The quantitative estimate of drug-likeness (QED) is 0.380. The lowest BCUT2D eigenvalue weighted by atomic mass is 10.1. The standard InChI is InChI=1S/C25H19N3O4/c1-16-6-7-19(25-28-26-15-31-25)13-22(16)27-24(29)23-11-10-21(32-23)14-30-20-9-8-17-4-2-3-5-18(17)12-20/h2-13,15H,14H2,1H3,(H,27,29). The summed E-state index contributed by atoms with van der Waals surface area (Å²) in [6.45, 7) is 2.12. The summed E-state index contributed by atoms with van der Waals surface area (Å²) in [5.74, 6) is 1.52. The van der Waals surface area contributed by atoms with Crippen LogP contribution in [0.3, 0.4) is 0 Å². The molecule has 1 N–H and O–H groups in total. The summed E-state index contributed by atoms with van der Waals surface area (Å²) in [5.41, 5.74) is 2.25. The monoisotopic (exact) mass is 425 g/mol. The highest BCUT2D eigenvalue weighted by Crippen LogP contribution is 2.25. The van der Waals surface area contributed by atoms with Crippen LogP contribution in [0.25, 0.3) is 22.2 Å². The smallest absolute Gasteiger partial charge is 0.291 e. The van der Waals surface area contributed by atoms with Crippen LogP contribution in [0.1, 0.15) is 21.9 Å². The first kappa shape index (κ1) is 19.6. The van der Waals surface area contributed by atoms with Crippen molar-refractivity contribution in [3.63, 3.8) is 0 Å². The van der Waals surface area contributed by atoms with Gasteiger partial charge in [-0.25, -0.2) is 0 Å². The van der Waals surface area contributed by atoms with Gasteiger partial charge in [-0.1, -0.05) is 36.4 Å². The molecule has 0 bridgehead atoms. The Labute approximate surface area is 183 Å². The van der Waals surface area contributed by atoms with Gasteiger partial charge in [0, 0.05) is 11.3 Å². The number of nitrogens with zero attached hydrogens (tertiary/aromatic N) is 2.